The van der Waals surface area contributed by atoms with Crippen molar-refractivity contribution in [3.63, 3.8) is 0 Å². The number of carbonyl (C=O) groups excluding carboxylic acids is 2. The van der Waals surface area contributed by atoms with Crippen molar-refractivity contribution in [3.05, 3.63) is 54.0 Å². The van der Waals surface area contributed by atoms with Crippen LogP contribution in [-0.2, 0) is 11.3 Å². The van der Waals surface area contributed by atoms with Gasteiger partial charge in [0.25, 0.3) is 0 Å². The monoisotopic (exact) mass is 388 g/mol. The molecule has 0 aliphatic carbocycles. The Balaban J connectivity index is 1.76. The van der Waals surface area contributed by atoms with E-state index in [1.807, 2.05) is 19.1 Å². The van der Waals surface area contributed by atoms with Crippen molar-refractivity contribution in [3.8, 4) is 0 Å². The lowest BCUT2D eigenvalue weighted by atomic mass is 10.1. The third kappa shape index (κ3) is 3.93. The topological polar surface area (TPSA) is 78.7 Å². The molecule has 0 saturated carbocycles. The minimum atomic E-state index is -0.613. The summed E-state index contributed by atoms with van der Waals surface area (Å²) >= 11 is 0. The number of anilines is 1. The van der Waals surface area contributed by atoms with Crippen LogP contribution in [0.25, 0.3) is 0 Å². The van der Waals surface area contributed by atoms with Crippen molar-refractivity contribution in [1.29, 1.82) is 0 Å². The zero-order valence-corrected chi connectivity index (χ0v) is 16.3. The number of piperazine rings is 1. The molecule has 0 spiro atoms. The van der Waals surface area contributed by atoms with E-state index in [2.05, 4.69) is 10.3 Å². The standard InChI is InChI=1S/C20H26FN5O2/c1-15-6-3-4-13-26(15,20(22)28)23-18-8-5-7-17(19(18)21)14-24-9-11-25(12-10-24)16(2)27/h3-8,13,15,23H,9-12,14H2,1-2H3,(H-,22,28)/p+1. The molecule has 2 atom stereocenters. The molecule has 7 nitrogen and oxygen atoms in total. The van der Waals surface area contributed by atoms with E-state index in [1.54, 1.807) is 42.3 Å². The molecular formula is C20H27FN5O2+. The van der Waals surface area contributed by atoms with E-state index in [9.17, 15) is 9.59 Å². The SMILES string of the molecule is CC(=O)N1CCN(Cc2cccc(N[N+]3(C(N)=O)C=CC=CC3C)c2F)CC1. The number of carbonyl (C=O) groups is 2. The average molecular weight is 388 g/mol. The zero-order chi connectivity index (χ0) is 20.3. The second-order valence-electron chi connectivity index (χ2n) is 7.26. The summed E-state index contributed by atoms with van der Waals surface area (Å²) in [4.78, 5) is 27.5. The summed E-state index contributed by atoms with van der Waals surface area (Å²) in [6.07, 6.45) is 7.02. The molecule has 1 fully saturated rings. The Kier molecular flexibility index (Phi) is 5.81. The van der Waals surface area contributed by atoms with Gasteiger partial charge in [0.15, 0.2) is 5.82 Å². The molecule has 2 aliphatic rings. The van der Waals surface area contributed by atoms with Gasteiger partial charge in [-0.2, -0.15) is 0 Å². The molecule has 2 heterocycles. The number of amides is 3. The van der Waals surface area contributed by atoms with E-state index < -0.39 is 11.8 Å². The van der Waals surface area contributed by atoms with Crippen molar-refractivity contribution in [1.82, 2.24) is 9.80 Å². The molecule has 0 aromatic heterocycles. The fourth-order valence-corrected chi connectivity index (χ4v) is 3.60. The highest BCUT2D eigenvalue weighted by Crippen LogP contribution is 2.27. The van der Waals surface area contributed by atoms with Crippen LogP contribution in [0.3, 0.4) is 0 Å². The number of rotatable bonds is 4. The van der Waals surface area contributed by atoms with Crippen LogP contribution >= 0.6 is 0 Å². The fourth-order valence-electron chi connectivity index (χ4n) is 3.60. The number of urea groups is 1. The van der Waals surface area contributed by atoms with Gasteiger partial charge in [0.2, 0.25) is 5.91 Å². The molecule has 2 unspecified atom stereocenters. The van der Waals surface area contributed by atoms with Crippen LogP contribution in [-0.4, -0.2) is 58.6 Å². The summed E-state index contributed by atoms with van der Waals surface area (Å²) in [6, 6.07) is 4.22. The molecule has 3 rings (SSSR count). The van der Waals surface area contributed by atoms with Crippen LogP contribution < -0.4 is 11.2 Å². The van der Waals surface area contributed by atoms with Crippen molar-refractivity contribution in [2.75, 3.05) is 31.6 Å². The van der Waals surface area contributed by atoms with E-state index in [-0.39, 0.29) is 22.2 Å². The van der Waals surface area contributed by atoms with Crippen LogP contribution in [0, 0.1) is 5.82 Å². The maximum atomic E-state index is 15.2. The molecule has 2 aliphatic heterocycles. The van der Waals surface area contributed by atoms with Gasteiger partial charge in [0.1, 0.15) is 17.9 Å². The minimum absolute atomic E-state index is 0.0650. The van der Waals surface area contributed by atoms with E-state index in [1.165, 1.54) is 0 Å². The van der Waals surface area contributed by atoms with Crippen LogP contribution in [0.4, 0.5) is 14.9 Å². The molecule has 28 heavy (non-hydrogen) atoms. The first-order valence-electron chi connectivity index (χ1n) is 9.41. The van der Waals surface area contributed by atoms with E-state index in [0.29, 0.717) is 38.3 Å². The molecule has 3 N–H and O–H groups in total. The first-order valence-corrected chi connectivity index (χ1v) is 9.41. The number of nitrogens with zero attached hydrogens (tertiary/aromatic N) is 3. The maximum absolute atomic E-state index is 15.2. The van der Waals surface area contributed by atoms with E-state index in [0.717, 1.165) is 0 Å². The predicted molar refractivity (Wildman–Crippen MR) is 105 cm³/mol. The second-order valence-corrected chi connectivity index (χ2v) is 7.26. The summed E-state index contributed by atoms with van der Waals surface area (Å²) in [5.74, 6) is -0.333. The Hall–Kier alpha value is -2.71. The fraction of sp³-hybridized carbons (Fsp3) is 0.400. The average Bonchev–Trinajstić information content (AvgIpc) is 2.67. The van der Waals surface area contributed by atoms with Gasteiger partial charge in [-0.3, -0.25) is 9.69 Å². The number of hydrogen-bond acceptors (Lipinski definition) is 4. The summed E-state index contributed by atoms with van der Waals surface area (Å²) in [6.45, 7) is 6.53. The Bertz CT molecular complexity index is 817. The van der Waals surface area contributed by atoms with Crippen LogP contribution in [0.5, 0.6) is 0 Å². The van der Waals surface area contributed by atoms with Gasteiger partial charge in [0, 0.05) is 45.2 Å². The molecular weight excluding hydrogens is 361 g/mol. The largest absolute Gasteiger partial charge is 0.443 e. The molecule has 0 bridgehead atoms. The quantitative estimate of drug-likeness (QED) is 0.775. The second kappa shape index (κ2) is 8.12. The van der Waals surface area contributed by atoms with Gasteiger partial charge >= 0.3 is 6.03 Å². The molecule has 8 heteroatoms. The Morgan fingerprint density at radius 2 is 1.96 bits per heavy atom. The third-order valence-electron chi connectivity index (χ3n) is 5.42. The Labute approximate surface area is 164 Å². The van der Waals surface area contributed by atoms with Crippen molar-refractivity contribution < 1.29 is 18.6 Å². The van der Waals surface area contributed by atoms with Crippen LogP contribution in [0.15, 0.2) is 42.6 Å². The zero-order valence-electron chi connectivity index (χ0n) is 16.3. The van der Waals surface area contributed by atoms with Gasteiger partial charge in [0.05, 0.1) is 0 Å². The number of benzene rings is 1. The first-order chi connectivity index (χ1) is 13.3. The lowest BCUT2D eigenvalue weighted by Gasteiger charge is -2.36. The summed E-state index contributed by atoms with van der Waals surface area (Å²) in [7, 11) is 0. The number of primary amides is 1. The molecule has 150 valence electrons. The third-order valence-corrected chi connectivity index (χ3v) is 5.42. The van der Waals surface area contributed by atoms with Crippen LogP contribution in [0.2, 0.25) is 0 Å². The number of halogens is 1. The van der Waals surface area contributed by atoms with Gasteiger partial charge in [-0.15, -0.1) is 4.59 Å². The van der Waals surface area contributed by atoms with Gasteiger partial charge in [-0.05, 0) is 25.1 Å². The number of quaternary nitrogens is 1. The van der Waals surface area contributed by atoms with E-state index in [4.69, 9.17) is 5.73 Å². The number of hydrogen-bond donors (Lipinski definition) is 2. The molecule has 1 aromatic carbocycles. The van der Waals surface area contributed by atoms with Crippen molar-refractivity contribution in [2.45, 2.75) is 26.4 Å². The highest BCUT2D eigenvalue weighted by atomic mass is 19.1. The highest BCUT2D eigenvalue weighted by Gasteiger charge is 2.40. The van der Waals surface area contributed by atoms with Crippen LogP contribution in [0.1, 0.15) is 19.4 Å². The van der Waals surface area contributed by atoms with Crippen molar-refractivity contribution >= 4 is 17.6 Å². The smallest absolute Gasteiger partial charge is 0.340 e. The molecule has 3 amide bonds. The van der Waals surface area contributed by atoms with Gasteiger partial charge in [-0.1, -0.05) is 18.2 Å². The lowest BCUT2D eigenvalue weighted by molar-refractivity contribution is -0.792. The predicted octanol–water partition coefficient (Wildman–Crippen LogP) is 2.18. The summed E-state index contributed by atoms with van der Waals surface area (Å²) in [5.41, 5.74) is 9.39. The first kappa shape index (κ1) is 20.0. The Morgan fingerprint density at radius 3 is 2.57 bits per heavy atom. The maximum Gasteiger partial charge on any atom is 0.443 e. The number of nitrogens with one attached hydrogen (secondary N) is 1. The molecule has 1 saturated heterocycles. The lowest BCUT2D eigenvalue weighted by Crippen LogP contribution is -2.60. The highest BCUT2D eigenvalue weighted by molar-refractivity contribution is 5.73. The van der Waals surface area contributed by atoms with E-state index >= 15 is 4.39 Å². The summed E-state index contributed by atoms with van der Waals surface area (Å²) < 4.78 is 14.8. The Morgan fingerprint density at radius 1 is 1.25 bits per heavy atom. The van der Waals surface area contributed by atoms with Gasteiger partial charge < -0.3 is 10.6 Å². The van der Waals surface area contributed by atoms with Gasteiger partial charge in [-0.25, -0.2) is 14.6 Å². The van der Waals surface area contributed by atoms with Crippen molar-refractivity contribution in [2.24, 2.45) is 5.73 Å². The molecule has 0 radical (unpaired) electrons. The normalized spacial score (nSPS) is 25.0. The minimum Gasteiger partial charge on any atom is -0.340 e. The summed E-state index contributed by atoms with van der Waals surface area (Å²) in [5, 5.41) is 0. The molecule has 1 aromatic rings. The number of allylic oxidation sites excluding steroid dienone is 2. The number of nitrogens with two attached hydrogens (primary N) is 1.